The number of H-pyrrole nitrogens is 1. The normalized spacial score (nSPS) is 11.5. The maximum Gasteiger partial charge on any atom is 0.297 e. The number of nitrogens with one attached hydrogen (secondary N) is 1. The molecule has 1 aromatic carbocycles. The van der Waals surface area contributed by atoms with Gasteiger partial charge in [-0.2, -0.15) is 14.0 Å². The monoisotopic (exact) mass is 466 g/mol. The first kappa shape index (κ1) is 23.6. The highest BCUT2D eigenvalue weighted by atomic mass is 19.3. The second-order valence-corrected chi connectivity index (χ2v) is 7.12. The number of nitrogens with zero attached hydrogens (tertiary/aromatic N) is 3. The van der Waals surface area contributed by atoms with Crippen LogP contribution < -0.4 is 15.9 Å². The van der Waals surface area contributed by atoms with Crippen LogP contribution in [0.25, 0.3) is 0 Å². The Hall–Kier alpha value is -4.01. The van der Waals surface area contributed by atoms with Crippen LogP contribution in [0.3, 0.4) is 0 Å². The summed E-state index contributed by atoms with van der Waals surface area (Å²) in [5.74, 6) is -5.88. The van der Waals surface area contributed by atoms with Gasteiger partial charge in [-0.1, -0.05) is 0 Å². The van der Waals surface area contributed by atoms with Crippen molar-refractivity contribution in [3.05, 3.63) is 85.2 Å². The lowest BCUT2D eigenvalue weighted by Gasteiger charge is -2.18. The highest BCUT2D eigenvalue weighted by Crippen LogP contribution is 2.36. The van der Waals surface area contributed by atoms with E-state index in [1.165, 1.54) is 6.92 Å². The summed E-state index contributed by atoms with van der Waals surface area (Å²) in [6, 6.07) is 4.29. The maximum absolute atomic E-state index is 14.2. The van der Waals surface area contributed by atoms with Crippen molar-refractivity contribution in [3.8, 4) is 17.6 Å². The third-order valence-corrected chi connectivity index (χ3v) is 4.66. The van der Waals surface area contributed by atoms with Crippen molar-refractivity contribution in [1.82, 2.24) is 14.5 Å². The fourth-order valence-electron chi connectivity index (χ4n) is 2.96. The average Bonchev–Trinajstić information content (AvgIpc) is 2.73. The van der Waals surface area contributed by atoms with Gasteiger partial charge in [-0.15, -0.1) is 0 Å². The van der Waals surface area contributed by atoms with E-state index in [2.05, 4.69) is 9.97 Å². The van der Waals surface area contributed by atoms with Crippen molar-refractivity contribution in [1.29, 1.82) is 5.26 Å². The largest absolute Gasteiger partial charge is 0.449 e. The lowest BCUT2D eigenvalue weighted by molar-refractivity contribution is 0.0101. The van der Waals surface area contributed by atoms with Gasteiger partial charge in [0.05, 0.1) is 24.5 Å². The van der Waals surface area contributed by atoms with Crippen LogP contribution in [0, 0.1) is 24.1 Å². The zero-order valence-electron chi connectivity index (χ0n) is 17.1. The van der Waals surface area contributed by atoms with Crippen molar-refractivity contribution in [2.24, 2.45) is 0 Å². The van der Waals surface area contributed by atoms with Gasteiger partial charge in [-0.05, 0) is 25.1 Å². The number of aromatic amines is 1. The number of nitriles is 1. The quantitative estimate of drug-likeness (QED) is 0.551. The number of benzene rings is 1. The second-order valence-electron chi connectivity index (χ2n) is 7.12. The van der Waals surface area contributed by atoms with Gasteiger partial charge in [-0.3, -0.25) is 14.2 Å². The molecule has 172 valence electrons. The number of ether oxygens (including phenoxy) is 1. The minimum Gasteiger partial charge on any atom is -0.449 e. The fraction of sp³-hybridized carbons (Fsp3) is 0.238. The van der Waals surface area contributed by atoms with Crippen LogP contribution in [0.4, 0.5) is 22.0 Å². The molecule has 0 saturated heterocycles. The Kier molecular flexibility index (Phi) is 6.34. The molecule has 0 aliphatic heterocycles. The van der Waals surface area contributed by atoms with Crippen LogP contribution in [-0.2, 0) is 12.5 Å². The Labute approximate surface area is 182 Å². The molecule has 3 aromatic rings. The molecule has 0 atom stereocenters. The summed E-state index contributed by atoms with van der Waals surface area (Å²) in [6.45, 7) is 1.24. The molecule has 0 fully saturated rings. The number of rotatable bonds is 6. The first-order valence-corrected chi connectivity index (χ1v) is 9.27. The summed E-state index contributed by atoms with van der Waals surface area (Å²) in [4.78, 5) is 30.5. The number of aromatic nitrogens is 3. The van der Waals surface area contributed by atoms with Gasteiger partial charge in [0.15, 0.2) is 5.69 Å². The summed E-state index contributed by atoms with van der Waals surface area (Å²) in [5, 5.41) is 9.20. The molecule has 0 radical (unpaired) electrons. The number of pyridine rings is 1. The van der Waals surface area contributed by atoms with E-state index in [-0.39, 0.29) is 16.7 Å². The van der Waals surface area contributed by atoms with Gasteiger partial charge in [0.25, 0.3) is 23.5 Å². The molecule has 3 rings (SSSR count). The van der Waals surface area contributed by atoms with E-state index in [9.17, 15) is 36.8 Å². The van der Waals surface area contributed by atoms with Crippen LogP contribution in [0.2, 0.25) is 0 Å². The third kappa shape index (κ3) is 4.92. The topological polar surface area (TPSA) is 101 Å². The second kappa shape index (κ2) is 8.85. The van der Waals surface area contributed by atoms with Crippen LogP contribution in [0.15, 0.2) is 40.3 Å². The van der Waals surface area contributed by atoms with E-state index in [1.807, 2.05) is 0 Å². The van der Waals surface area contributed by atoms with Gasteiger partial charge in [0.2, 0.25) is 5.75 Å². The Morgan fingerprint density at radius 2 is 1.97 bits per heavy atom. The van der Waals surface area contributed by atoms with Crippen LogP contribution >= 0.6 is 0 Å². The Morgan fingerprint density at radius 3 is 2.58 bits per heavy atom. The maximum atomic E-state index is 14.2. The average molecular weight is 466 g/mol. The molecule has 2 heterocycles. The molecule has 12 heteroatoms. The smallest absolute Gasteiger partial charge is 0.297 e. The molecule has 0 bridgehead atoms. The lowest BCUT2D eigenvalue weighted by Crippen LogP contribution is -2.29. The minimum absolute atomic E-state index is 0.0312. The fourth-order valence-corrected chi connectivity index (χ4v) is 2.96. The molecule has 0 unspecified atom stereocenters. The number of alkyl halides is 4. The van der Waals surface area contributed by atoms with Crippen LogP contribution in [0.1, 0.15) is 41.3 Å². The summed E-state index contributed by atoms with van der Waals surface area (Å²) < 4.78 is 74.3. The number of hydrogen-bond donors (Lipinski definition) is 1. The highest BCUT2D eigenvalue weighted by Gasteiger charge is 2.34. The van der Waals surface area contributed by atoms with Gasteiger partial charge in [0, 0.05) is 29.8 Å². The zero-order valence-corrected chi connectivity index (χ0v) is 17.1. The van der Waals surface area contributed by atoms with E-state index >= 15 is 0 Å². The van der Waals surface area contributed by atoms with Gasteiger partial charge >= 0.3 is 0 Å². The SMILES string of the molecule is Cc1c(C#N)cc(C(F)F)cc1Oc1c(C(C)(F)F)ncn(Cc2cc(F)c[nH]c2=O)c1=O. The predicted molar refractivity (Wildman–Crippen MR) is 105 cm³/mol. The van der Waals surface area contributed by atoms with E-state index in [0.717, 1.165) is 35.3 Å². The Morgan fingerprint density at radius 1 is 1.27 bits per heavy atom. The Balaban J connectivity index is 2.19. The predicted octanol–water partition coefficient (Wildman–Crippen LogP) is 4.14. The molecular weight excluding hydrogens is 451 g/mol. The molecule has 0 aliphatic rings. The Bertz CT molecular complexity index is 1370. The first-order valence-electron chi connectivity index (χ1n) is 9.27. The lowest BCUT2D eigenvalue weighted by atomic mass is 10.0. The molecule has 1 N–H and O–H groups in total. The zero-order chi connectivity index (χ0) is 24.5. The van der Waals surface area contributed by atoms with Gasteiger partial charge < -0.3 is 9.72 Å². The molecule has 7 nitrogen and oxygen atoms in total. The number of halogens is 5. The van der Waals surface area contributed by atoms with E-state index in [4.69, 9.17) is 4.74 Å². The summed E-state index contributed by atoms with van der Waals surface area (Å²) in [7, 11) is 0. The molecule has 33 heavy (non-hydrogen) atoms. The number of hydrogen-bond acceptors (Lipinski definition) is 5. The molecule has 2 aromatic heterocycles. The minimum atomic E-state index is -3.67. The van der Waals surface area contributed by atoms with Crippen molar-refractivity contribution >= 4 is 0 Å². The molecule has 0 aliphatic carbocycles. The van der Waals surface area contributed by atoms with E-state index < -0.39 is 58.6 Å². The van der Waals surface area contributed by atoms with Crippen molar-refractivity contribution < 1.29 is 26.7 Å². The summed E-state index contributed by atoms with van der Waals surface area (Å²) in [5.41, 5.74) is -3.99. The third-order valence-electron chi connectivity index (χ3n) is 4.66. The highest BCUT2D eigenvalue weighted by molar-refractivity contribution is 5.51. The first-order chi connectivity index (χ1) is 15.4. The molecular formula is C21H15F5N4O3. The summed E-state index contributed by atoms with van der Waals surface area (Å²) >= 11 is 0. The van der Waals surface area contributed by atoms with E-state index in [1.54, 1.807) is 6.07 Å². The molecule has 0 amide bonds. The van der Waals surface area contributed by atoms with Crippen molar-refractivity contribution in [2.45, 2.75) is 32.7 Å². The summed E-state index contributed by atoms with van der Waals surface area (Å²) in [6.07, 6.45) is -1.47. The molecule has 0 spiro atoms. The van der Waals surface area contributed by atoms with Crippen LogP contribution in [0.5, 0.6) is 11.5 Å². The van der Waals surface area contributed by atoms with Crippen LogP contribution in [-0.4, -0.2) is 14.5 Å². The van der Waals surface area contributed by atoms with Gasteiger partial charge in [-0.25, -0.2) is 18.2 Å². The van der Waals surface area contributed by atoms with Crippen molar-refractivity contribution in [2.75, 3.05) is 0 Å². The molecule has 0 saturated carbocycles. The van der Waals surface area contributed by atoms with E-state index in [0.29, 0.717) is 6.92 Å². The van der Waals surface area contributed by atoms with Crippen molar-refractivity contribution in [3.63, 3.8) is 0 Å². The van der Waals surface area contributed by atoms with Gasteiger partial charge in [0.1, 0.15) is 11.6 Å². The standard InChI is InChI=1S/C21H15F5N4O3/c1-10-12(6-27)3-11(18(23)24)5-15(10)33-16-17(21(2,25)26)29-9-30(20(16)32)8-13-4-14(22)7-28-19(13)31/h3-5,7,9,18H,8H2,1-2H3,(H,28,31).